The third kappa shape index (κ3) is 4.15. The summed E-state index contributed by atoms with van der Waals surface area (Å²) in [7, 11) is 3.12. The zero-order valence-electron chi connectivity index (χ0n) is 17.3. The summed E-state index contributed by atoms with van der Waals surface area (Å²) >= 11 is 0. The smallest absolute Gasteiger partial charge is 0.251 e. The Bertz CT molecular complexity index is 1010. The van der Waals surface area contributed by atoms with Crippen LogP contribution in [0.5, 0.6) is 11.5 Å². The maximum atomic E-state index is 12.6. The first kappa shape index (κ1) is 19.9. The molecule has 30 heavy (non-hydrogen) atoms. The molecule has 1 N–H and O–H groups in total. The zero-order valence-corrected chi connectivity index (χ0v) is 17.3. The third-order valence-electron chi connectivity index (χ3n) is 5.46. The minimum Gasteiger partial charge on any atom is -0.493 e. The van der Waals surface area contributed by atoms with Gasteiger partial charge < -0.3 is 14.8 Å². The van der Waals surface area contributed by atoms with Crippen molar-refractivity contribution in [1.82, 2.24) is 20.1 Å². The molecule has 3 aromatic rings. The summed E-state index contributed by atoms with van der Waals surface area (Å²) in [5.74, 6) is 0.920. The number of carbonyl (C=O) groups excluding carboxylic acids is 1. The van der Waals surface area contributed by atoms with Crippen LogP contribution in [0.4, 0.5) is 0 Å². The zero-order chi connectivity index (χ0) is 20.9. The second kappa shape index (κ2) is 8.98. The van der Waals surface area contributed by atoms with Gasteiger partial charge in [-0.3, -0.25) is 14.5 Å². The number of amides is 1. The number of pyridine rings is 1. The van der Waals surface area contributed by atoms with E-state index in [1.807, 2.05) is 24.3 Å². The van der Waals surface area contributed by atoms with Gasteiger partial charge in [0.15, 0.2) is 11.5 Å². The fraction of sp³-hybridized carbons (Fsp3) is 0.348. The first-order valence-corrected chi connectivity index (χ1v) is 10.2. The summed E-state index contributed by atoms with van der Waals surface area (Å²) in [6.45, 7) is 0.340. The number of nitrogens with zero attached hydrogens (tertiary/aromatic N) is 3. The Morgan fingerprint density at radius 3 is 2.60 bits per heavy atom. The monoisotopic (exact) mass is 406 g/mol. The summed E-state index contributed by atoms with van der Waals surface area (Å²) in [5, 5.41) is 7.77. The van der Waals surface area contributed by atoms with Gasteiger partial charge in [-0.05, 0) is 49.2 Å². The number of rotatable bonds is 7. The maximum Gasteiger partial charge on any atom is 0.251 e. The lowest BCUT2D eigenvalue weighted by atomic mass is 10.2. The largest absolute Gasteiger partial charge is 0.493 e. The molecule has 0 atom stereocenters. The topological polar surface area (TPSA) is 78.3 Å². The van der Waals surface area contributed by atoms with Gasteiger partial charge in [-0.25, -0.2) is 0 Å². The lowest BCUT2D eigenvalue weighted by molar-refractivity contribution is 0.0950. The lowest BCUT2D eigenvalue weighted by Crippen LogP contribution is -2.23. The van der Waals surface area contributed by atoms with E-state index in [0.717, 1.165) is 29.9 Å². The van der Waals surface area contributed by atoms with E-state index in [9.17, 15) is 4.79 Å². The Kier molecular flexibility index (Phi) is 5.97. The van der Waals surface area contributed by atoms with Crippen molar-refractivity contribution in [2.75, 3.05) is 14.2 Å². The highest BCUT2D eigenvalue weighted by molar-refractivity contribution is 5.94. The summed E-state index contributed by atoms with van der Waals surface area (Å²) in [6, 6.07) is 13.4. The molecular weight excluding hydrogens is 380 g/mol. The molecule has 7 heteroatoms. The van der Waals surface area contributed by atoms with Crippen molar-refractivity contribution in [3.63, 3.8) is 0 Å². The molecule has 0 aliphatic heterocycles. The van der Waals surface area contributed by atoms with Gasteiger partial charge in [-0.1, -0.05) is 18.9 Å². The molecule has 1 amide bonds. The molecule has 4 rings (SSSR count). The standard InChI is InChI=1S/C23H26N4O3/c1-29-21-11-10-16(13-22(21)30-2)23(28)25-15-17-14-20(19-9-5-6-12-24-19)27(26-17)18-7-3-4-8-18/h5-6,9-14,18H,3-4,7-8,15H2,1-2H3,(H,25,28). The van der Waals surface area contributed by atoms with E-state index in [2.05, 4.69) is 15.0 Å². The highest BCUT2D eigenvalue weighted by Crippen LogP contribution is 2.33. The average molecular weight is 406 g/mol. The molecule has 1 fully saturated rings. The number of carbonyl (C=O) groups is 1. The first-order chi connectivity index (χ1) is 14.7. The molecule has 2 heterocycles. The van der Waals surface area contributed by atoms with Crippen LogP contribution in [0.15, 0.2) is 48.7 Å². The molecule has 0 radical (unpaired) electrons. The molecule has 7 nitrogen and oxygen atoms in total. The van der Waals surface area contributed by atoms with Crippen LogP contribution in [-0.2, 0) is 6.54 Å². The van der Waals surface area contributed by atoms with Crippen molar-refractivity contribution in [1.29, 1.82) is 0 Å². The Morgan fingerprint density at radius 1 is 1.10 bits per heavy atom. The summed E-state index contributed by atoms with van der Waals surface area (Å²) < 4.78 is 12.6. The van der Waals surface area contributed by atoms with Crippen LogP contribution < -0.4 is 14.8 Å². The number of methoxy groups -OCH3 is 2. The fourth-order valence-electron chi connectivity index (χ4n) is 3.91. The minimum absolute atomic E-state index is 0.189. The minimum atomic E-state index is -0.189. The van der Waals surface area contributed by atoms with Crippen LogP contribution in [0, 0.1) is 0 Å². The Labute approximate surface area is 176 Å². The predicted octanol–water partition coefficient (Wildman–Crippen LogP) is 4.01. The van der Waals surface area contributed by atoms with Crippen LogP contribution in [0.2, 0.25) is 0 Å². The highest BCUT2D eigenvalue weighted by Gasteiger charge is 2.22. The van der Waals surface area contributed by atoms with Crippen molar-refractivity contribution in [3.8, 4) is 22.9 Å². The fourth-order valence-corrected chi connectivity index (χ4v) is 3.91. The normalized spacial score (nSPS) is 13.9. The molecule has 0 spiro atoms. The predicted molar refractivity (Wildman–Crippen MR) is 114 cm³/mol. The third-order valence-corrected chi connectivity index (χ3v) is 5.46. The Hall–Kier alpha value is -3.35. The van der Waals surface area contributed by atoms with Gasteiger partial charge in [0.1, 0.15) is 0 Å². The van der Waals surface area contributed by atoms with Crippen LogP contribution in [0.25, 0.3) is 11.4 Å². The van der Waals surface area contributed by atoms with Crippen molar-refractivity contribution in [3.05, 3.63) is 59.9 Å². The Balaban J connectivity index is 1.53. The number of nitrogens with one attached hydrogen (secondary N) is 1. The number of hydrogen-bond acceptors (Lipinski definition) is 5. The number of ether oxygens (including phenoxy) is 2. The van der Waals surface area contributed by atoms with E-state index in [-0.39, 0.29) is 5.91 Å². The summed E-state index contributed by atoms with van der Waals surface area (Å²) in [6.07, 6.45) is 6.48. The average Bonchev–Trinajstić information content (AvgIpc) is 3.47. The SMILES string of the molecule is COc1ccc(C(=O)NCc2cc(-c3ccccn3)n(C3CCCC3)n2)cc1OC. The Morgan fingerprint density at radius 2 is 1.90 bits per heavy atom. The molecule has 1 aromatic carbocycles. The maximum absolute atomic E-state index is 12.6. The number of hydrogen-bond donors (Lipinski definition) is 1. The van der Waals surface area contributed by atoms with Gasteiger partial charge in [-0.15, -0.1) is 0 Å². The van der Waals surface area contributed by atoms with E-state index in [0.29, 0.717) is 29.6 Å². The van der Waals surface area contributed by atoms with Gasteiger partial charge >= 0.3 is 0 Å². The van der Waals surface area contributed by atoms with E-state index < -0.39 is 0 Å². The molecule has 0 bridgehead atoms. The van der Waals surface area contributed by atoms with Crippen LogP contribution in [0.3, 0.4) is 0 Å². The van der Waals surface area contributed by atoms with Gasteiger partial charge in [0.2, 0.25) is 0 Å². The number of aromatic nitrogens is 3. The summed E-state index contributed by atoms with van der Waals surface area (Å²) in [5.41, 5.74) is 3.22. The van der Waals surface area contributed by atoms with E-state index in [1.54, 1.807) is 38.6 Å². The van der Waals surface area contributed by atoms with Crippen molar-refractivity contribution < 1.29 is 14.3 Å². The van der Waals surface area contributed by atoms with Crippen molar-refractivity contribution >= 4 is 5.91 Å². The second-order valence-electron chi connectivity index (χ2n) is 7.37. The summed E-state index contributed by atoms with van der Waals surface area (Å²) in [4.78, 5) is 17.1. The van der Waals surface area contributed by atoms with E-state index >= 15 is 0 Å². The molecule has 1 saturated carbocycles. The molecule has 0 unspecified atom stereocenters. The van der Waals surface area contributed by atoms with Crippen LogP contribution in [0.1, 0.15) is 47.8 Å². The van der Waals surface area contributed by atoms with E-state index in [1.165, 1.54) is 12.8 Å². The number of benzene rings is 1. The van der Waals surface area contributed by atoms with Gasteiger partial charge in [0.05, 0.1) is 43.9 Å². The van der Waals surface area contributed by atoms with Crippen LogP contribution in [-0.4, -0.2) is 34.9 Å². The van der Waals surface area contributed by atoms with Gasteiger partial charge in [0.25, 0.3) is 5.91 Å². The first-order valence-electron chi connectivity index (χ1n) is 10.2. The highest BCUT2D eigenvalue weighted by atomic mass is 16.5. The van der Waals surface area contributed by atoms with Crippen molar-refractivity contribution in [2.45, 2.75) is 38.3 Å². The second-order valence-corrected chi connectivity index (χ2v) is 7.37. The molecule has 2 aromatic heterocycles. The molecular formula is C23H26N4O3. The van der Waals surface area contributed by atoms with Gasteiger partial charge in [0, 0.05) is 11.8 Å². The van der Waals surface area contributed by atoms with Crippen LogP contribution >= 0.6 is 0 Å². The lowest BCUT2D eigenvalue weighted by Gasteiger charge is -2.13. The van der Waals surface area contributed by atoms with Gasteiger partial charge in [-0.2, -0.15) is 5.10 Å². The van der Waals surface area contributed by atoms with E-state index in [4.69, 9.17) is 14.6 Å². The molecule has 156 valence electrons. The van der Waals surface area contributed by atoms with Crippen molar-refractivity contribution in [2.24, 2.45) is 0 Å². The molecule has 0 saturated heterocycles. The quantitative estimate of drug-likeness (QED) is 0.641. The molecule has 1 aliphatic rings. The molecule has 1 aliphatic carbocycles.